The maximum atomic E-state index is 14.0. The number of rotatable bonds is 3. The number of hydrogen-bond acceptors (Lipinski definition) is 3. The Morgan fingerprint density at radius 2 is 1.90 bits per heavy atom. The van der Waals surface area contributed by atoms with Crippen molar-refractivity contribution in [1.29, 1.82) is 0 Å². The van der Waals surface area contributed by atoms with Gasteiger partial charge in [0.25, 0.3) is 0 Å². The highest BCUT2D eigenvalue weighted by Gasteiger charge is 2.23. The fraction of sp³-hybridized carbons (Fsp3) is 0.267. The molecule has 0 saturated heterocycles. The zero-order valence-corrected chi connectivity index (χ0v) is 11.5. The molecule has 5 heteroatoms. The van der Waals surface area contributed by atoms with Gasteiger partial charge in [-0.3, -0.25) is 4.79 Å². The van der Waals surface area contributed by atoms with Crippen LogP contribution < -0.4 is 0 Å². The zero-order chi connectivity index (χ0) is 14.9. The van der Waals surface area contributed by atoms with Crippen LogP contribution in [-0.4, -0.2) is 16.0 Å². The number of aromatic nitrogens is 2. The summed E-state index contributed by atoms with van der Waals surface area (Å²) < 4.78 is 27.8. The van der Waals surface area contributed by atoms with Gasteiger partial charge in [-0.2, -0.15) is 10.2 Å². The molecule has 0 atom stereocenters. The van der Waals surface area contributed by atoms with Crippen LogP contribution >= 0.6 is 0 Å². The minimum absolute atomic E-state index is 0.198. The van der Waals surface area contributed by atoms with Gasteiger partial charge in [-0.1, -0.05) is 13.0 Å². The Morgan fingerprint density at radius 3 is 2.55 bits per heavy atom. The standard InChI is InChI=1S/C15H14F2N2O/c1-4-12-10(7-9(3)18-19-12)15(20)13-11(16)6-5-8(2)14(13)17/h5-7H,4H2,1-3H3. The first-order chi connectivity index (χ1) is 9.45. The molecule has 3 nitrogen and oxygen atoms in total. The van der Waals surface area contributed by atoms with Gasteiger partial charge in [-0.05, 0) is 38.0 Å². The van der Waals surface area contributed by atoms with Crippen molar-refractivity contribution < 1.29 is 13.6 Å². The van der Waals surface area contributed by atoms with Crippen LogP contribution in [0.15, 0.2) is 18.2 Å². The third kappa shape index (κ3) is 2.43. The number of aryl methyl sites for hydroxylation is 3. The van der Waals surface area contributed by atoms with Gasteiger partial charge in [0.05, 0.1) is 17.0 Å². The van der Waals surface area contributed by atoms with Crippen LogP contribution in [0.5, 0.6) is 0 Å². The molecule has 0 saturated carbocycles. The number of carbonyl (C=O) groups excluding carboxylic acids is 1. The summed E-state index contributed by atoms with van der Waals surface area (Å²) in [6.07, 6.45) is 0.462. The second-order valence-electron chi connectivity index (χ2n) is 4.58. The first-order valence-corrected chi connectivity index (χ1v) is 6.28. The highest BCUT2D eigenvalue weighted by Crippen LogP contribution is 2.21. The zero-order valence-electron chi connectivity index (χ0n) is 11.5. The van der Waals surface area contributed by atoms with Gasteiger partial charge in [-0.15, -0.1) is 0 Å². The molecule has 0 radical (unpaired) electrons. The average Bonchev–Trinajstić information content (AvgIpc) is 2.43. The van der Waals surface area contributed by atoms with Crippen molar-refractivity contribution in [3.63, 3.8) is 0 Å². The number of benzene rings is 1. The van der Waals surface area contributed by atoms with Crippen molar-refractivity contribution >= 4 is 5.78 Å². The molecule has 0 aliphatic heterocycles. The van der Waals surface area contributed by atoms with E-state index >= 15 is 0 Å². The van der Waals surface area contributed by atoms with E-state index in [9.17, 15) is 13.6 Å². The van der Waals surface area contributed by atoms with E-state index in [0.717, 1.165) is 6.07 Å². The summed E-state index contributed by atoms with van der Waals surface area (Å²) in [4.78, 5) is 12.4. The lowest BCUT2D eigenvalue weighted by molar-refractivity contribution is 0.102. The Balaban J connectivity index is 2.63. The molecule has 1 aromatic carbocycles. The second-order valence-corrected chi connectivity index (χ2v) is 4.58. The van der Waals surface area contributed by atoms with E-state index in [4.69, 9.17) is 0 Å². The number of hydrogen-bond donors (Lipinski definition) is 0. The third-order valence-electron chi connectivity index (χ3n) is 3.08. The van der Waals surface area contributed by atoms with Crippen LogP contribution in [0.2, 0.25) is 0 Å². The molecule has 0 amide bonds. The van der Waals surface area contributed by atoms with E-state index in [1.54, 1.807) is 13.8 Å². The van der Waals surface area contributed by atoms with E-state index in [1.165, 1.54) is 19.1 Å². The highest BCUT2D eigenvalue weighted by atomic mass is 19.1. The van der Waals surface area contributed by atoms with Crippen molar-refractivity contribution in [1.82, 2.24) is 10.2 Å². The molecule has 2 rings (SSSR count). The van der Waals surface area contributed by atoms with Crippen LogP contribution in [0, 0.1) is 25.5 Å². The lowest BCUT2D eigenvalue weighted by atomic mass is 9.98. The van der Waals surface area contributed by atoms with E-state index in [2.05, 4.69) is 10.2 Å². The molecule has 0 fully saturated rings. The Hall–Kier alpha value is -2.17. The van der Waals surface area contributed by atoms with E-state index in [0.29, 0.717) is 17.8 Å². The van der Waals surface area contributed by atoms with Crippen LogP contribution in [0.4, 0.5) is 8.78 Å². The van der Waals surface area contributed by atoms with Crippen LogP contribution in [0.3, 0.4) is 0 Å². The normalized spacial score (nSPS) is 10.7. The molecule has 104 valence electrons. The second kappa shape index (κ2) is 5.45. The fourth-order valence-corrected chi connectivity index (χ4v) is 1.97. The maximum Gasteiger partial charge on any atom is 0.200 e. The number of carbonyl (C=O) groups is 1. The smallest absolute Gasteiger partial charge is 0.200 e. The Labute approximate surface area is 115 Å². The van der Waals surface area contributed by atoms with Crippen molar-refractivity contribution in [3.8, 4) is 0 Å². The van der Waals surface area contributed by atoms with Gasteiger partial charge in [0.1, 0.15) is 11.6 Å². The number of ketones is 1. The van der Waals surface area contributed by atoms with E-state index in [1.807, 2.05) is 0 Å². The van der Waals surface area contributed by atoms with Gasteiger partial charge >= 0.3 is 0 Å². The van der Waals surface area contributed by atoms with Gasteiger partial charge in [0.2, 0.25) is 5.78 Å². The lowest BCUT2D eigenvalue weighted by Gasteiger charge is -2.09. The van der Waals surface area contributed by atoms with Crippen LogP contribution in [-0.2, 0) is 6.42 Å². The SMILES string of the molecule is CCc1nnc(C)cc1C(=O)c1c(F)ccc(C)c1F. The van der Waals surface area contributed by atoms with Crippen molar-refractivity contribution in [2.75, 3.05) is 0 Å². The quantitative estimate of drug-likeness (QED) is 0.809. The minimum Gasteiger partial charge on any atom is -0.288 e. The Kier molecular flexibility index (Phi) is 3.88. The Morgan fingerprint density at radius 1 is 1.20 bits per heavy atom. The molecule has 0 N–H and O–H groups in total. The van der Waals surface area contributed by atoms with Gasteiger partial charge in [0.15, 0.2) is 0 Å². The highest BCUT2D eigenvalue weighted by molar-refractivity contribution is 6.10. The summed E-state index contributed by atoms with van der Waals surface area (Å²) in [6.45, 7) is 4.97. The summed E-state index contributed by atoms with van der Waals surface area (Å²) >= 11 is 0. The number of halogens is 2. The van der Waals surface area contributed by atoms with E-state index < -0.39 is 23.0 Å². The minimum atomic E-state index is -0.866. The van der Waals surface area contributed by atoms with E-state index in [-0.39, 0.29) is 11.1 Å². The molecular formula is C15H14F2N2O. The van der Waals surface area contributed by atoms with Crippen LogP contribution in [0.25, 0.3) is 0 Å². The molecule has 0 unspecified atom stereocenters. The molecule has 1 heterocycles. The molecule has 0 aliphatic rings. The topological polar surface area (TPSA) is 42.9 Å². The monoisotopic (exact) mass is 276 g/mol. The molecule has 0 bridgehead atoms. The summed E-state index contributed by atoms with van der Waals surface area (Å²) in [5.74, 6) is -2.39. The lowest BCUT2D eigenvalue weighted by Crippen LogP contribution is -2.13. The summed E-state index contributed by atoms with van der Waals surface area (Å²) in [7, 11) is 0. The summed E-state index contributed by atoms with van der Waals surface area (Å²) in [5, 5.41) is 7.77. The molecular weight excluding hydrogens is 262 g/mol. The van der Waals surface area contributed by atoms with Crippen molar-refractivity contribution in [2.45, 2.75) is 27.2 Å². The molecule has 0 spiro atoms. The predicted molar refractivity (Wildman–Crippen MR) is 70.7 cm³/mol. The predicted octanol–water partition coefficient (Wildman–Crippen LogP) is 3.17. The van der Waals surface area contributed by atoms with Gasteiger partial charge < -0.3 is 0 Å². The average molecular weight is 276 g/mol. The van der Waals surface area contributed by atoms with Gasteiger partial charge in [-0.25, -0.2) is 8.78 Å². The van der Waals surface area contributed by atoms with Crippen molar-refractivity contribution in [2.24, 2.45) is 0 Å². The van der Waals surface area contributed by atoms with Crippen molar-refractivity contribution in [3.05, 3.63) is 57.9 Å². The van der Waals surface area contributed by atoms with Crippen LogP contribution in [0.1, 0.15) is 39.8 Å². The molecule has 2 aromatic rings. The first kappa shape index (κ1) is 14.2. The molecule has 20 heavy (non-hydrogen) atoms. The van der Waals surface area contributed by atoms with Gasteiger partial charge in [0, 0.05) is 5.56 Å². The Bertz CT molecular complexity index is 684. The third-order valence-corrected chi connectivity index (χ3v) is 3.08. The summed E-state index contributed by atoms with van der Waals surface area (Å²) in [6, 6.07) is 3.91. The molecule has 0 aliphatic carbocycles. The number of nitrogens with zero attached hydrogens (tertiary/aromatic N) is 2. The maximum absolute atomic E-state index is 14.0. The summed E-state index contributed by atoms with van der Waals surface area (Å²) in [5.41, 5.74) is 0.849. The largest absolute Gasteiger partial charge is 0.288 e. The fourth-order valence-electron chi connectivity index (χ4n) is 1.97. The first-order valence-electron chi connectivity index (χ1n) is 6.28. The molecule has 1 aromatic heterocycles.